The fraction of sp³-hybridized carbons (Fsp3) is 0.435. The summed E-state index contributed by atoms with van der Waals surface area (Å²) in [4.78, 5) is 17.0. The van der Waals surface area contributed by atoms with Crippen molar-refractivity contribution < 1.29 is 9.53 Å². The Balaban J connectivity index is 1.33. The molecule has 0 radical (unpaired) electrons. The van der Waals surface area contributed by atoms with E-state index in [0.29, 0.717) is 12.1 Å². The van der Waals surface area contributed by atoms with Gasteiger partial charge in [0.05, 0.1) is 7.11 Å². The average Bonchev–Trinajstić information content (AvgIpc) is 2.69. The Labute approximate surface area is 167 Å². The van der Waals surface area contributed by atoms with E-state index < -0.39 is 0 Å². The Morgan fingerprint density at radius 2 is 1.82 bits per heavy atom. The molecule has 148 valence electrons. The maximum Gasteiger partial charge on any atom is 0.321 e. The molecule has 28 heavy (non-hydrogen) atoms. The second-order valence-corrected chi connectivity index (χ2v) is 7.85. The lowest BCUT2D eigenvalue weighted by Crippen LogP contribution is -2.64. The molecule has 1 unspecified atom stereocenters. The third-order valence-corrected chi connectivity index (χ3v) is 6.03. The van der Waals surface area contributed by atoms with E-state index in [-0.39, 0.29) is 6.03 Å². The Kier molecular flexibility index (Phi) is 5.53. The summed E-state index contributed by atoms with van der Waals surface area (Å²) >= 11 is 0. The number of hydrogen-bond donors (Lipinski definition) is 1. The van der Waals surface area contributed by atoms with Gasteiger partial charge in [-0.25, -0.2) is 4.79 Å². The van der Waals surface area contributed by atoms with Gasteiger partial charge in [0.15, 0.2) is 0 Å². The largest absolute Gasteiger partial charge is 0.496 e. The molecule has 2 saturated heterocycles. The van der Waals surface area contributed by atoms with Crippen molar-refractivity contribution >= 4 is 11.7 Å². The second kappa shape index (κ2) is 8.23. The molecular formula is C23H29N3O2. The topological polar surface area (TPSA) is 44.8 Å². The summed E-state index contributed by atoms with van der Waals surface area (Å²) in [5.41, 5.74) is 2.93. The smallest absolute Gasteiger partial charge is 0.321 e. The number of piperidine rings is 1. The third-order valence-electron chi connectivity index (χ3n) is 6.03. The molecule has 5 nitrogen and oxygen atoms in total. The van der Waals surface area contributed by atoms with Crippen LogP contribution in [0.15, 0.2) is 48.5 Å². The molecule has 0 bridgehead atoms. The van der Waals surface area contributed by atoms with Crippen molar-refractivity contribution in [1.29, 1.82) is 0 Å². The lowest BCUT2D eigenvalue weighted by atomic mass is 9.98. The van der Waals surface area contributed by atoms with Gasteiger partial charge in [0.25, 0.3) is 0 Å². The standard InChI is InChI=1S/C23H29N3O2/c1-17-7-5-6-14-26(17)20-15-25(16-20)23(27)24-19-12-10-18(11-13-19)21-8-3-4-9-22(21)28-2/h3-4,8-13,17,20H,5-7,14-16H2,1-2H3,(H,24,27). The second-order valence-electron chi connectivity index (χ2n) is 7.85. The summed E-state index contributed by atoms with van der Waals surface area (Å²) in [5.74, 6) is 0.845. The predicted molar refractivity (Wildman–Crippen MR) is 113 cm³/mol. The number of urea groups is 1. The molecule has 2 aromatic carbocycles. The molecular weight excluding hydrogens is 350 g/mol. The zero-order chi connectivity index (χ0) is 19.5. The SMILES string of the molecule is COc1ccccc1-c1ccc(NC(=O)N2CC(N3CCCCC3C)C2)cc1. The number of ether oxygens (including phenoxy) is 1. The van der Waals surface area contributed by atoms with E-state index >= 15 is 0 Å². The number of likely N-dealkylation sites (tertiary alicyclic amines) is 2. The quantitative estimate of drug-likeness (QED) is 0.853. The maximum absolute atomic E-state index is 12.5. The molecule has 4 rings (SSSR count). The van der Waals surface area contributed by atoms with Crippen LogP contribution in [-0.2, 0) is 0 Å². The summed E-state index contributed by atoms with van der Waals surface area (Å²) in [7, 11) is 1.68. The first-order chi connectivity index (χ1) is 13.7. The number of nitrogens with one attached hydrogen (secondary N) is 1. The molecule has 2 heterocycles. The molecule has 2 aliphatic heterocycles. The van der Waals surface area contributed by atoms with Crippen LogP contribution in [0.4, 0.5) is 10.5 Å². The minimum atomic E-state index is -0.00838. The van der Waals surface area contributed by atoms with Crippen LogP contribution in [0.2, 0.25) is 0 Å². The van der Waals surface area contributed by atoms with E-state index in [1.54, 1.807) is 7.11 Å². The third kappa shape index (κ3) is 3.85. The van der Waals surface area contributed by atoms with Gasteiger partial charge in [-0.2, -0.15) is 0 Å². The molecule has 0 spiro atoms. The zero-order valence-corrected chi connectivity index (χ0v) is 16.7. The van der Waals surface area contributed by atoms with Crippen LogP contribution in [0.25, 0.3) is 11.1 Å². The fourth-order valence-corrected chi connectivity index (χ4v) is 4.31. The van der Waals surface area contributed by atoms with E-state index in [2.05, 4.69) is 17.1 Å². The van der Waals surface area contributed by atoms with E-state index in [1.165, 1.54) is 25.8 Å². The number of carbonyl (C=O) groups is 1. The van der Waals surface area contributed by atoms with Crippen LogP contribution >= 0.6 is 0 Å². The van der Waals surface area contributed by atoms with Gasteiger partial charge in [-0.05, 0) is 50.1 Å². The molecule has 0 aromatic heterocycles. The van der Waals surface area contributed by atoms with Gasteiger partial charge in [-0.3, -0.25) is 4.90 Å². The molecule has 2 aromatic rings. The number of hydrogen-bond acceptors (Lipinski definition) is 3. The number of para-hydroxylation sites is 1. The molecule has 2 fully saturated rings. The highest BCUT2D eigenvalue weighted by atomic mass is 16.5. The Morgan fingerprint density at radius 1 is 1.07 bits per heavy atom. The average molecular weight is 380 g/mol. The monoisotopic (exact) mass is 379 g/mol. The van der Waals surface area contributed by atoms with Crippen molar-refractivity contribution in [1.82, 2.24) is 9.80 Å². The first-order valence-corrected chi connectivity index (χ1v) is 10.2. The van der Waals surface area contributed by atoms with Crippen LogP contribution in [0.1, 0.15) is 26.2 Å². The minimum Gasteiger partial charge on any atom is -0.496 e. The molecule has 2 aliphatic rings. The van der Waals surface area contributed by atoms with Gasteiger partial charge in [0, 0.05) is 36.4 Å². The van der Waals surface area contributed by atoms with Crippen molar-refractivity contribution in [3.63, 3.8) is 0 Å². The molecule has 0 aliphatic carbocycles. The summed E-state index contributed by atoms with van der Waals surface area (Å²) in [6.45, 7) is 5.14. The van der Waals surface area contributed by atoms with Crippen molar-refractivity contribution in [2.75, 3.05) is 32.1 Å². The van der Waals surface area contributed by atoms with E-state index in [0.717, 1.165) is 35.7 Å². The summed E-state index contributed by atoms with van der Waals surface area (Å²) in [5, 5.41) is 3.02. The van der Waals surface area contributed by atoms with Gasteiger partial charge < -0.3 is 15.0 Å². The van der Waals surface area contributed by atoms with Crippen LogP contribution < -0.4 is 10.1 Å². The number of amides is 2. The maximum atomic E-state index is 12.5. The Bertz CT molecular complexity index is 815. The predicted octanol–water partition coefficient (Wildman–Crippen LogP) is 4.45. The highest BCUT2D eigenvalue weighted by molar-refractivity contribution is 5.90. The van der Waals surface area contributed by atoms with Crippen LogP contribution in [-0.4, -0.2) is 54.7 Å². The van der Waals surface area contributed by atoms with Gasteiger partial charge in [-0.15, -0.1) is 0 Å². The number of nitrogens with zero attached hydrogens (tertiary/aromatic N) is 2. The fourth-order valence-electron chi connectivity index (χ4n) is 4.31. The molecule has 1 N–H and O–H groups in total. The van der Waals surface area contributed by atoms with Crippen molar-refractivity contribution in [2.45, 2.75) is 38.3 Å². The zero-order valence-electron chi connectivity index (χ0n) is 16.7. The van der Waals surface area contributed by atoms with Crippen LogP contribution in [0.3, 0.4) is 0 Å². The minimum absolute atomic E-state index is 0.00838. The van der Waals surface area contributed by atoms with E-state index in [9.17, 15) is 4.79 Å². The van der Waals surface area contributed by atoms with E-state index in [4.69, 9.17) is 4.74 Å². The molecule has 1 atom stereocenters. The van der Waals surface area contributed by atoms with Gasteiger partial charge >= 0.3 is 6.03 Å². The molecule has 0 saturated carbocycles. The molecule has 5 heteroatoms. The summed E-state index contributed by atoms with van der Waals surface area (Å²) < 4.78 is 5.44. The highest BCUT2D eigenvalue weighted by Crippen LogP contribution is 2.30. The Hall–Kier alpha value is -2.53. The molecule has 2 amide bonds. The lowest BCUT2D eigenvalue weighted by molar-refractivity contribution is 0.0199. The van der Waals surface area contributed by atoms with E-state index in [1.807, 2.05) is 53.4 Å². The van der Waals surface area contributed by atoms with Crippen molar-refractivity contribution in [3.8, 4) is 16.9 Å². The first-order valence-electron chi connectivity index (χ1n) is 10.2. The van der Waals surface area contributed by atoms with Crippen molar-refractivity contribution in [3.05, 3.63) is 48.5 Å². The number of carbonyl (C=O) groups excluding carboxylic acids is 1. The number of rotatable bonds is 4. The lowest BCUT2D eigenvalue weighted by Gasteiger charge is -2.49. The number of methoxy groups -OCH3 is 1. The number of anilines is 1. The van der Waals surface area contributed by atoms with Crippen LogP contribution in [0.5, 0.6) is 5.75 Å². The first kappa shape index (κ1) is 18.8. The summed E-state index contributed by atoms with van der Waals surface area (Å²) in [6, 6.07) is 17.0. The van der Waals surface area contributed by atoms with Gasteiger partial charge in [0.2, 0.25) is 0 Å². The summed E-state index contributed by atoms with van der Waals surface area (Å²) in [6.07, 6.45) is 3.90. The van der Waals surface area contributed by atoms with Gasteiger partial charge in [-0.1, -0.05) is 36.8 Å². The highest BCUT2D eigenvalue weighted by Gasteiger charge is 2.37. The normalized spacial score (nSPS) is 20.5. The van der Waals surface area contributed by atoms with Crippen LogP contribution in [0, 0.1) is 0 Å². The number of benzene rings is 2. The van der Waals surface area contributed by atoms with Gasteiger partial charge in [0.1, 0.15) is 5.75 Å². The Morgan fingerprint density at radius 3 is 2.54 bits per heavy atom. The van der Waals surface area contributed by atoms with Crippen molar-refractivity contribution in [2.24, 2.45) is 0 Å².